The molecular formula is C11H19NO7. The van der Waals surface area contributed by atoms with Crippen molar-refractivity contribution < 1.29 is 34.5 Å². The summed E-state index contributed by atoms with van der Waals surface area (Å²) >= 11 is 0. The molecule has 19 heavy (non-hydrogen) atoms. The van der Waals surface area contributed by atoms with Gasteiger partial charge in [-0.15, -0.1) is 0 Å². The van der Waals surface area contributed by atoms with E-state index in [9.17, 15) is 24.7 Å². The van der Waals surface area contributed by atoms with Crippen molar-refractivity contribution in [3.05, 3.63) is 0 Å². The van der Waals surface area contributed by atoms with Crippen molar-refractivity contribution in [1.29, 1.82) is 0 Å². The van der Waals surface area contributed by atoms with Crippen LogP contribution in [0.15, 0.2) is 0 Å². The van der Waals surface area contributed by atoms with Crippen LogP contribution < -0.4 is 0 Å². The van der Waals surface area contributed by atoms with Crippen LogP contribution in [0.3, 0.4) is 0 Å². The largest absolute Gasteiger partial charge is 0.481 e. The molecule has 0 spiro atoms. The van der Waals surface area contributed by atoms with Gasteiger partial charge in [0.15, 0.2) is 11.5 Å². The SMILES string of the molecule is CCOC(=O)C(C(=O)O)[C@@](CC)(C(=O)O)N(O)CC. The molecule has 2 atom stereocenters. The molecular weight excluding hydrogens is 258 g/mol. The summed E-state index contributed by atoms with van der Waals surface area (Å²) in [6, 6.07) is 0. The van der Waals surface area contributed by atoms with Gasteiger partial charge in [0, 0.05) is 6.54 Å². The fraction of sp³-hybridized carbons (Fsp3) is 0.727. The van der Waals surface area contributed by atoms with E-state index in [4.69, 9.17) is 5.11 Å². The minimum atomic E-state index is -2.26. The van der Waals surface area contributed by atoms with Gasteiger partial charge in [-0.2, -0.15) is 5.06 Å². The molecule has 8 heteroatoms. The molecule has 0 heterocycles. The van der Waals surface area contributed by atoms with Gasteiger partial charge in [0.05, 0.1) is 6.61 Å². The minimum Gasteiger partial charge on any atom is -0.481 e. The Morgan fingerprint density at radius 2 is 1.74 bits per heavy atom. The van der Waals surface area contributed by atoms with Crippen LogP contribution in [0.4, 0.5) is 0 Å². The number of carboxylic acid groups (broad SMARTS) is 2. The van der Waals surface area contributed by atoms with E-state index in [1.807, 2.05) is 0 Å². The molecule has 0 radical (unpaired) electrons. The zero-order valence-corrected chi connectivity index (χ0v) is 11.1. The quantitative estimate of drug-likeness (QED) is 0.326. The third-order valence-corrected chi connectivity index (χ3v) is 2.92. The number of aliphatic carboxylic acids is 2. The summed E-state index contributed by atoms with van der Waals surface area (Å²) in [5.74, 6) is -6.46. The van der Waals surface area contributed by atoms with Gasteiger partial charge >= 0.3 is 17.9 Å². The van der Waals surface area contributed by atoms with Crippen LogP contribution in [0.2, 0.25) is 0 Å². The second-order valence-electron chi connectivity index (χ2n) is 3.82. The number of likely N-dealkylation sites (N-methyl/N-ethyl adjacent to an activating group) is 1. The predicted octanol–water partition coefficient (Wildman–Crippen LogP) is 0.195. The number of carbonyl (C=O) groups is 3. The van der Waals surface area contributed by atoms with Gasteiger partial charge in [0.2, 0.25) is 0 Å². The van der Waals surface area contributed by atoms with Crippen LogP contribution in [0, 0.1) is 5.92 Å². The minimum absolute atomic E-state index is 0.0837. The molecule has 0 aliphatic rings. The van der Waals surface area contributed by atoms with Crippen LogP contribution in [-0.4, -0.2) is 57.1 Å². The number of hydrogen-bond donors (Lipinski definition) is 3. The average Bonchev–Trinajstić information content (AvgIpc) is 2.33. The van der Waals surface area contributed by atoms with Crippen molar-refractivity contribution >= 4 is 17.9 Å². The van der Waals surface area contributed by atoms with E-state index in [2.05, 4.69) is 4.74 Å². The highest BCUT2D eigenvalue weighted by Gasteiger charge is 2.57. The smallest absolute Gasteiger partial charge is 0.327 e. The van der Waals surface area contributed by atoms with E-state index in [1.165, 1.54) is 20.8 Å². The first kappa shape index (κ1) is 17.3. The molecule has 0 saturated heterocycles. The summed E-state index contributed by atoms with van der Waals surface area (Å²) in [7, 11) is 0. The molecule has 110 valence electrons. The molecule has 0 aliphatic carbocycles. The van der Waals surface area contributed by atoms with Gasteiger partial charge in [0.25, 0.3) is 0 Å². The second kappa shape index (κ2) is 7.05. The number of hydroxylamine groups is 2. The Hall–Kier alpha value is -1.67. The molecule has 0 fully saturated rings. The Kier molecular flexibility index (Phi) is 6.43. The van der Waals surface area contributed by atoms with Crippen LogP contribution in [-0.2, 0) is 19.1 Å². The molecule has 3 N–H and O–H groups in total. The topological polar surface area (TPSA) is 124 Å². The highest BCUT2D eigenvalue weighted by Crippen LogP contribution is 2.30. The van der Waals surface area contributed by atoms with Crippen LogP contribution >= 0.6 is 0 Å². The maximum atomic E-state index is 11.7. The Bertz CT molecular complexity index is 357. The molecule has 0 bridgehead atoms. The first-order valence-electron chi connectivity index (χ1n) is 5.88. The molecule has 0 aromatic heterocycles. The fourth-order valence-corrected chi connectivity index (χ4v) is 1.93. The molecule has 1 unspecified atom stereocenters. The van der Waals surface area contributed by atoms with E-state index in [0.717, 1.165) is 0 Å². The maximum Gasteiger partial charge on any atom is 0.327 e. The first-order valence-corrected chi connectivity index (χ1v) is 5.88. The highest BCUT2D eigenvalue weighted by atomic mass is 16.5. The fourth-order valence-electron chi connectivity index (χ4n) is 1.93. The van der Waals surface area contributed by atoms with Gasteiger partial charge < -0.3 is 20.2 Å². The molecule has 0 amide bonds. The lowest BCUT2D eigenvalue weighted by Gasteiger charge is -2.37. The number of carbonyl (C=O) groups excluding carboxylic acids is 1. The summed E-state index contributed by atoms with van der Waals surface area (Å²) in [6.45, 7) is 4.06. The molecule has 0 rings (SSSR count). The van der Waals surface area contributed by atoms with Crippen molar-refractivity contribution in [3.8, 4) is 0 Å². The Morgan fingerprint density at radius 3 is 2.00 bits per heavy atom. The summed E-state index contributed by atoms with van der Waals surface area (Å²) in [5.41, 5.74) is -2.26. The lowest BCUT2D eigenvalue weighted by molar-refractivity contribution is -0.218. The highest BCUT2D eigenvalue weighted by molar-refractivity contribution is 6.01. The third-order valence-electron chi connectivity index (χ3n) is 2.92. The Balaban J connectivity index is 5.82. The van der Waals surface area contributed by atoms with Crippen molar-refractivity contribution in [2.45, 2.75) is 32.7 Å². The Labute approximate surface area is 110 Å². The van der Waals surface area contributed by atoms with Crippen molar-refractivity contribution in [2.75, 3.05) is 13.2 Å². The normalized spacial score (nSPS) is 15.6. The maximum absolute atomic E-state index is 11.7. The van der Waals surface area contributed by atoms with Crippen molar-refractivity contribution in [3.63, 3.8) is 0 Å². The summed E-state index contributed by atoms with van der Waals surface area (Å²) in [6.07, 6.45) is -0.275. The number of ether oxygens (including phenoxy) is 1. The number of esters is 1. The summed E-state index contributed by atoms with van der Waals surface area (Å²) in [4.78, 5) is 34.4. The summed E-state index contributed by atoms with van der Waals surface area (Å²) < 4.78 is 4.60. The number of hydrogen-bond acceptors (Lipinski definition) is 6. The van der Waals surface area contributed by atoms with Crippen LogP contribution in [0.25, 0.3) is 0 Å². The van der Waals surface area contributed by atoms with Crippen molar-refractivity contribution in [1.82, 2.24) is 5.06 Å². The lowest BCUT2D eigenvalue weighted by Crippen LogP contribution is -2.62. The monoisotopic (exact) mass is 277 g/mol. The van der Waals surface area contributed by atoms with Gasteiger partial charge in [-0.3, -0.25) is 14.4 Å². The molecule has 8 nitrogen and oxygen atoms in total. The van der Waals surface area contributed by atoms with Gasteiger partial charge in [0.1, 0.15) is 0 Å². The molecule has 0 aromatic rings. The van der Waals surface area contributed by atoms with Crippen LogP contribution in [0.5, 0.6) is 0 Å². The summed E-state index contributed by atoms with van der Waals surface area (Å²) in [5, 5.41) is 28.5. The van der Waals surface area contributed by atoms with E-state index in [1.54, 1.807) is 0 Å². The van der Waals surface area contributed by atoms with E-state index < -0.39 is 29.4 Å². The van der Waals surface area contributed by atoms with Gasteiger partial charge in [-0.25, -0.2) is 0 Å². The molecule has 0 aromatic carbocycles. The lowest BCUT2D eigenvalue weighted by atomic mass is 9.80. The Morgan fingerprint density at radius 1 is 1.21 bits per heavy atom. The van der Waals surface area contributed by atoms with Crippen molar-refractivity contribution in [2.24, 2.45) is 5.92 Å². The van der Waals surface area contributed by atoms with Gasteiger partial charge in [-0.1, -0.05) is 13.8 Å². The van der Waals surface area contributed by atoms with Gasteiger partial charge in [-0.05, 0) is 13.3 Å². The zero-order valence-electron chi connectivity index (χ0n) is 11.1. The first-order chi connectivity index (χ1) is 8.79. The van der Waals surface area contributed by atoms with E-state index in [-0.39, 0.29) is 19.6 Å². The third kappa shape index (κ3) is 3.21. The molecule has 0 aliphatic heterocycles. The standard InChI is InChI=1S/C11H19NO7/c1-4-11(10(16)17,12(18)5-2)7(8(13)14)9(15)19-6-3/h7,18H,4-6H2,1-3H3,(H,13,14)(H,16,17)/t7?,11-/m0/s1. The second-order valence-corrected chi connectivity index (χ2v) is 3.82. The molecule has 0 saturated carbocycles. The van der Waals surface area contributed by atoms with E-state index in [0.29, 0.717) is 5.06 Å². The number of carboxylic acids is 2. The predicted molar refractivity (Wildman–Crippen MR) is 62.6 cm³/mol. The number of nitrogens with zero attached hydrogens (tertiary/aromatic N) is 1. The zero-order chi connectivity index (χ0) is 15.2. The number of rotatable bonds is 8. The van der Waals surface area contributed by atoms with Crippen LogP contribution in [0.1, 0.15) is 27.2 Å². The average molecular weight is 277 g/mol. The van der Waals surface area contributed by atoms with E-state index >= 15 is 0 Å².